The van der Waals surface area contributed by atoms with Crippen LogP contribution in [0.15, 0.2) is 35.3 Å². The van der Waals surface area contributed by atoms with Crippen LogP contribution in [-0.2, 0) is 11.2 Å². The number of hydrogen-bond donors (Lipinski definition) is 2. The van der Waals surface area contributed by atoms with Gasteiger partial charge in [0.05, 0.1) is 0 Å². The van der Waals surface area contributed by atoms with Crippen LogP contribution in [0.25, 0.3) is 0 Å². The molecule has 0 spiro atoms. The van der Waals surface area contributed by atoms with E-state index in [9.17, 15) is 4.79 Å². The van der Waals surface area contributed by atoms with E-state index in [0.29, 0.717) is 23.9 Å². The second-order valence-electron chi connectivity index (χ2n) is 8.76. The smallest absolute Gasteiger partial charge is 0.225 e. The van der Waals surface area contributed by atoms with Gasteiger partial charge in [-0.3, -0.25) is 9.79 Å². The van der Waals surface area contributed by atoms with Crippen LogP contribution in [0.1, 0.15) is 50.5 Å². The van der Waals surface area contributed by atoms with Crippen molar-refractivity contribution >= 4 is 35.8 Å². The van der Waals surface area contributed by atoms with Gasteiger partial charge in [-0.2, -0.15) is 0 Å². The standard InChI is InChI=1S/C23H34N4O.HI/c1-24-23(26-21-15-19(21)14-17-8-4-2-5-9-17)25-20-12-13-27(16-20)22(28)18-10-6-3-7-11-18;/h2,4-5,8-9,18-21H,3,6-7,10-16H2,1H3,(H2,24,25,26);1H. The summed E-state index contributed by atoms with van der Waals surface area (Å²) in [6.07, 6.45) is 9.24. The SMILES string of the molecule is CN=C(NC1CCN(C(=O)C2CCCCC2)C1)NC1CC1Cc1ccccc1.I. The van der Waals surface area contributed by atoms with E-state index in [1.165, 1.54) is 31.2 Å². The monoisotopic (exact) mass is 510 g/mol. The first-order valence-electron chi connectivity index (χ1n) is 11.1. The van der Waals surface area contributed by atoms with Gasteiger partial charge in [-0.05, 0) is 43.6 Å². The highest BCUT2D eigenvalue weighted by Crippen LogP contribution is 2.33. The maximum atomic E-state index is 12.8. The van der Waals surface area contributed by atoms with E-state index >= 15 is 0 Å². The Bertz CT molecular complexity index is 689. The van der Waals surface area contributed by atoms with Crippen molar-refractivity contribution in [2.75, 3.05) is 20.1 Å². The number of guanidine groups is 1. The van der Waals surface area contributed by atoms with Crippen LogP contribution in [0, 0.1) is 11.8 Å². The van der Waals surface area contributed by atoms with Gasteiger partial charge in [0.2, 0.25) is 5.91 Å². The molecule has 29 heavy (non-hydrogen) atoms. The minimum absolute atomic E-state index is 0. The van der Waals surface area contributed by atoms with Crippen LogP contribution >= 0.6 is 24.0 Å². The van der Waals surface area contributed by atoms with E-state index < -0.39 is 0 Å². The van der Waals surface area contributed by atoms with E-state index in [2.05, 4.69) is 50.9 Å². The van der Waals surface area contributed by atoms with Gasteiger partial charge in [-0.15, -0.1) is 24.0 Å². The molecule has 3 fully saturated rings. The van der Waals surface area contributed by atoms with Crippen molar-refractivity contribution in [1.29, 1.82) is 0 Å². The third kappa shape index (κ3) is 6.09. The van der Waals surface area contributed by atoms with E-state index in [-0.39, 0.29) is 29.9 Å². The summed E-state index contributed by atoms with van der Waals surface area (Å²) >= 11 is 0. The van der Waals surface area contributed by atoms with E-state index in [1.807, 2.05) is 7.05 Å². The quantitative estimate of drug-likeness (QED) is 0.362. The molecule has 0 bridgehead atoms. The largest absolute Gasteiger partial charge is 0.353 e. The molecule has 2 aliphatic carbocycles. The molecule has 2 saturated carbocycles. The molecule has 3 aliphatic rings. The number of rotatable bonds is 5. The molecule has 4 rings (SSSR count). The van der Waals surface area contributed by atoms with Crippen LogP contribution in [0.4, 0.5) is 0 Å². The predicted molar refractivity (Wildman–Crippen MR) is 129 cm³/mol. The number of hydrogen-bond acceptors (Lipinski definition) is 2. The van der Waals surface area contributed by atoms with Gasteiger partial charge >= 0.3 is 0 Å². The number of aliphatic imine (C=N–C) groups is 1. The Hall–Kier alpha value is -1.31. The summed E-state index contributed by atoms with van der Waals surface area (Å²) in [6.45, 7) is 1.69. The second-order valence-corrected chi connectivity index (χ2v) is 8.76. The van der Waals surface area contributed by atoms with Crippen LogP contribution in [0.2, 0.25) is 0 Å². The number of amides is 1. The summed E-state index contributed by atoms with van der Waals surface area (Å²) in [7, 11) is 1.84. The van der Waals surface area contributed by atoms with Crippen molar-refractivity contribution in [3.8, 4) is 0 Å². The fourth-order valence-corrected chi connectivity index (χ4v) is 4.79. The fourth-order valence-electron chi connectivity index (χ4n) is 4.79. The van der Waals surface area contributed by atoms with Crippen molar-refractivity contribution in [1.82, 2.24) is 15.5 Å². The average Bonchev–Trinajstić information content (AvgIpc) is 3.28. The molecule has 1 aromatic rings. The van der Waals surface area contributed by atoms with Crippen molar-refractivity contribution in [2.24, 2.45) is 16.8 Å². The molecule has 1 heterocycles. The number of halogens is 1. The first-order valence-corrected chi connectivity index (χ1v) is 11.1. The van der Waals surface area contributed by atoms with Gasteiger partial charge in [0, 0.05) is 38.1 Å². The molecule has 2 N–H and O–H groups in total. The lowest BCUT2D eigenvalue weighted by Crippen LogP contribution is -2.46. The summed E-state index contributed by atoms with van der Waals surface area (Å²) in [5.74, 6) is 2.23. The Morgan fingerprint density at radius 1 is 1.10 bits per heavy atom. The molecule has 1 amide bonds. The number of nitrogens with one attached hydrogen (secondary N) is 2. The summed E-state index contributed by atoms with van der Waals surface area (Å²) in [5.41, 5.74) is 1.41. The number of likely N-dealkylation sites (tertiary alicyclic amines) is 1. The second kappa shape index (κ2) is 10.6. The lowest BCUT2D eigenvalue weighted by Gasteiger charge is -2.26. The van der Waals surface area contributed by atoms with Gasteiger partial charge in [0.15, 0.2) is 5.96 Å². The predicted octanol–water partition coefficient (Wildman–Crippen LogP) is 3.58. The Morgan fingerprint density at radius 3 is 2.59 bits per heavy atom. The van der Waals surface area contributed by atoms with Gasteiger partial charge < -0.3 is 15.5 Å². The minimum atomic E-state index is 0. The Kier molecular flexibility index (Phi) is 8.21. The van der Waals surface area contributed by atoms with Crippen molar-refractivity contribution in [3.05, 3.63) is 35.9 Å². The van der Waals surface area contributed by atoms with Crippen molar-refractivity contribution < 1.29 is 4.79 Å². The van der Waals surface area contributed by atoms with E-state index in [4.69, 9.17) is 0 Å². The first kappa shape index (κ1) is 22.4. The number of carbonyl (C=O) groups is 1. The molecule has 0 radical (unpaired) electrons. The third-order valence-electron chi connectivity index (χ3n) is 6.60. The highest BCUT2D eigenvalue weighted by atomic mass is 127. The maximum absolute atomic E-state index is 12.8. The van der Waals surface area contributed by atoms with Crippen molar-refractivity contribution in [2.45, 2.75) is 63.5 Å². The molecule has 0 aromatic heterocycles. The molecular weight excluding hydrogens is 475 g/mol. The number of benzene rings is 1. The Morgan fingerprint density at radius 2 is 1.86 bits per heavy atom. The molecule has 160 valence electrons. The lowest BCUT2D eigenvalue weighted by atomic mass is 9.88. The molecule has 3 unspecified atom stereocenters. The highest BCUT2D eigenvalue weighted by molar-refractivity contribution is 14.0. The maximum Gasteiger partial charge on any atom is 0.225 e. The Balaban J connectivity index is 0.00000240. The van der Waals surface area contributed by atoms with Gasteiger partial charge in [-0.25, -0.2) is 0 Å². The van der Waals surface area contributed by atoms with Gasteiger partial charge in [-0.1, -0.05) is 49.6 Å². The fraction of sp³-hybridized carbons (Fsp3) is 0.652. The molecule has 3 atom stereocenters. The van der Waals surface area contributed by atoms with E-state index in [0.717, 1.165) is 44.7 Å². The summed E-state index contributed by atoms with van der Waals surface area (Å²) in [6, 6.07) is 11.5. The zero-order valence-corrected chi connectivity index (χ0v) is 19.8. The van der Waals surface area contributed by atoms with Crippen LogP contribution in [-0.4, -0.2) is 49.0 Å². The summed E-state index contributed by atoms with van der Waals surface area (Å²) < 4.78 is 0. The average molecular weight is 510 g/mol. The highest BCUT2D eigenvalue weighted by Gasteiger charge is 2.38. The van der Waals surface area contributed by atoms with Crippen LogP contribution < -0.4 is 10.6 Å². The lowest BCUT2D eigenvalue weighted by molar-refractivity contribution is -0.135. The van der Waals surface area contributed by atoms with Gasteiger partial charge in [0.1, 0.15) is 0 Å². The zero-order chi connectivity index (χ0) is 19.3. The molecule has 1 aromatic carbocycles. The normalized spacial score (nSPS) is 27.3. The van der Waals surface area contributed by atoms with Gasteiger partial charge in [0.25, 0.3) is 0 Å². The Labute approximate surface area is 192 Å². The molecular formula is C23H35IN4O. The number of nitrogens with zero attached hydrogens (tertiary/aromatic N) is 2. The van der Waals surface area contributed by atoms with E-state index in [1.54, 1.807) is 0 Å². The summed E-state index contributed by atoms with van der Waals surface area (Å²) in [5, 5.41) is 7.13. The molecule has 6 heteroatoms. The van der Waals surface area contributed by atoms with Crippen molar-refractivity contribution in [3.63, 3.8) is 0 Å². The number of carbonyl (C=O) groups excluding carboxylic acids is 1. The summed E-state index contributed by atoms with van der Waals surface area (Å²) in [4.78, 5) is 19.3. The molecule has 1 saturated heterocycles. The third-order valence-corrected chi connectivity index (χ3v) is 6.60. The first-order chi connectivity index (χ1) is 13.7. The van der Waals surface area contributed by atoms with Crippen LogP contribution in [0.3, 0.4) is 0 Å². The zero-order valence-electron chi connectivity index (χ0n) is 17.5. The molecule has 1 aliphatic heterocycles. The van der Waals surface area contributed by atoms with Crippen LogP contribution in [0.5, 0.6) is 0 Å². The molecule has 5 nitrogen and oxygen atoms in total. The topological polar surface area (TPSA) is 56.7 Å². The minimum Gasteiger partial charge on any atom is -0.353 e.